The van der Waals surface area contributed by atoms with Gasteiger partial charge in [-0.3, -0.25) is 4.79 Å². The van der Waals surface area contributed by atoms with E-state index in [1.165, 1.54) is 12.1 Å². The van der Waals surface area contributed by atoms with E-state index in [0.29, 0.717) is 24.2 Å². The number of likely N-dealkylation sites (tertiary alicyclic amines) is 1. The Bertz CT molecular complexity index is 780. The second-order valence-electron chi connectivity index (χ2n) is 6.99. The molecule has 134 valence electrons. The number of piperidine rings is 1. The number of aromatic nitrogens is 1. The van der Waals surface area contributed by atoms with Gasteiger partial charge in [0.25, 0.3) is 5.91 Å². The number of nitrogens with zero attached hydrogens (tertiary/aromatic N) is 1. The fourth-order valence-electron chi connectivity index (χ4n) is 4.18. The molecule has 0 aliphatic carbocycles. The number of amides is 1. The van der Waals surface area contributed by atoms with Gasteiger partial charge in [0.1, 0.15) is 11.5 Å². The average Bonchev–Trinajstić information content (AvgIpc) is 3.05. The van der Waals surface area contributed by atoms with Gasteiger partial charge in [-0.05, 0) is 49.9 Å². The largest absolute Gasteiger partial charge is 0.378 e. The maximum atomic E-state index is 13.3. The first-order valence-electron chi connectivity index (χ1n) is 8.86. The predicted molar refractivity (Wildman–Crippen MR) is 92.1 cm³/mol. The number of halogens is 1. The molecule has 4 rings (SSSR count). The molecule has 5 nitrogen and oxygen atoms in total. The molecule has 2 aliphatic heterocycles. The molecule has 25 heavy (non-hydrogen) atoms. The van der Waals surface area contributed by atoms with Crippen molar-refractivity contribution >= 4 is 16.8 Å². The van der Waals surface area contributed by atoms with Crippen molar-refractivity contribution in [1.82, 2.24) is 9.88 Å². The Hall–Kier alpha value is -1.92. The van der Waals surface area contributed by atoms with Crippen LogP contribution in [0, 0.1) is 5.82 Å². The first-order chi connectivity index (χ1) is 12.1. The van der Waals surface area contributed by atoms with E-state index in [2.05, 4.69) is 4.98 Å². The van der Waals surface area contributed by atoms with Crippen molar-refractivity contribution in [2.75, 3.05) is 26.8 Å². The van der Waals surface area contributed by atoms with Gasteiger partial charge in [-0.2, -0.15) is 0 Å². The summed E-state index contributed by atoms with van der Waals surface area (Å²) in [6.07, 6.45) is 3.71. The van der Waals surface area contributed by atoms with Crippen LogP contribution in [0.25, 0.3) is 10.9 Å². The van der Waals surface area contributed by atoms with Gasteiger partial charge >= 0.3 is 0 Å². The second kappa shape index (κ2) is 6.42. The van der Waals surface area contributed by atoms with Crippen LogP contribution in [0.1, 0.15) is 36.2 Å². The topological polar surface area (TPSA) is 54.6 Å². The number of benzene rings is 1. The van der Waals surface area contributed by atoms with Gasteiger partial charge in [0.15, 0.2) is 0 Å². The lowest BCUT2D eigenvalue weighted by Gasteiger charge is -2.47. The molecule has 1 aromatic heterocycles. The molecule has 2 saturated heterocycles. The zero-order valence-electron chi connectivity index (χ0n) is 14.4. The van der Waals surface area contributed by atoms with Crippen LogP contribution in [-0.2, 0) is 9.47 Å². The number of methoxy groups -OCH3 is 1. The summed E-state index contributed by atoms with van der Waals surface area (Å²) < 4.78 is 25.1. The zero-order chi connectivity index (χ0) is 17.4. The van der Waals surface area contributed by atoms with Crippen LogP contribution in [0.3, 0.4) is 0 Å². The summed E-state index contributed by atoms with van der Waals surface area (Å²) in [5.41, 5.74) is 1.02. The van der Waals surface area contributed by atoms with Gasteiger partial charge < -0.3 is 19.4 Å². The van der Waals surface area contributed by atoms with Gasteiger partial charge in [-0.15, -0.1) is 0 Å². The van der Waals surface area contributed by atoms with Gasteiger partial charge in [0.2, 0.25) is 0 Å². The predicted octanol–water partition coefficient (Wildman–Crippen LogP) is 3.11. The van der Waals surface area contributed by atoms with Crippen LogP contribution in [0.2, 0.25) is 0 Å². The molecule has 2 aromatic rings. The van der Waals surface area contributed by atoms with Crippen molar-refractivity contribution in [3.05, 3.63) is 35.8 Å². The summed E-state index contributed by atoms with van der Waals surface area (Å²) >= 11 is 0. The SMILES string of the molecule is CO[C@@H]1CCCOC12CCN(C(=O)c1cc3cc(F)ccc3[nH]1)CC2. The third-order valence-electron chi connectivity index (χ3n) is 5.58. The summed E-state index contributed by atoms with van der Waals surface area (Å²) in [5.74, 6) is -0.346. The van der Waals surface area contributed by atoms with Crippen molar-refractivity contribution in [2.24, 2.45) is 0 Å². The van der Waals surface area contributed by atoms with E-state index in [4.69, 9.17) is 9.47 Å². The lowest BCUT2D eigenvalue weighted by molar-refractivity contribution is -0.183. The molecule has 1 spiro atoms. The van der Waals surface area contributed by atoms with Crippen molar-refractivity contribution in [3.63, 3.8) is 0 Å². The molecule has 0 unspecified atom stereocenters. The summed E-state index contributed by atoms with van der Waals surface area (Å²) in [6, 6.07) is 6.21. The van der Waals surface area contributed by atoms with E-state index < -0.39 is 0 Å². The first-order valence-corrected chi connectivity index (χ1v) is 8.86. The number of aromatic amines is 1. The lowest BCUT2D eigenvalue weighted by atomic mass is 9.82. The number of fused-ring (bicyclic) bond motifs is 1. The molecule has 0 radical (unpaired) electrons. The number of carbonyl (C=O) groups excluding carboxylic acids is 1. The molecular formula is C19H23FN2O3. The maximum Gasteiger partial charge on any atom is 0.270 e. The molecule has 1 atom stereocenters. The van der Waals surface area contributed by atoms with E-state index in [-0.39, 0.29) is 23.4 Å². The summed E-state index contributed by atoms with van der Waals surface area (Å²) in [6.45, 7) is 2.05. The molecule has 3 heterocycles. The Morgan fingerprint density at radius 3 is 2.92 bits per heavy atom. The first kappa shape index (κ1) is 16.5. The summed E-state index contributed by atoms with van der Waals surface area (Å²) in [5, 5.41) is 0.715. The van der Waals surface area contributed by atoms with Crippen LogP contribution in [-0.4, -0.2) is 54.3 Å². The number of rotatable bonds is 2. The number of hydrogen-bond acceptors (Lipinski definition) is 3. The highest BCUT2D eigenvalue weighted by Crippen LogP contribution is 2.37. The molecule has 1 amide bonds. The second-order valence-corrected chi connectivity index (χ2v) is 6.99. The number of carbonyl (C=O) groups is 1. The third-order valence-corrected chi connectivity index (χ3v) is 5.58. The Labute approximate surface area is 146 Å². The summed E-state index contributed by atoms with van der Waals surface area (Å²) in [7, 11) is 1.74. The monoisotopic (exact) mass is 346 g/mol. The van der Waals surface area contributed by atoms with Crippen molar-refractivity contribution < 1.29 is 18.7 Å². The van der Waals surface area contributed by atoms with E-state index in [1.807, 2.05) is 4.90 Å². The maximum absolute atomic E-state index is 13.3. The molecule has 2 fully saturated rings. The van der Waals surface area contributed by atoms with Crippen LogP contribution in [0.5, 0.6) is 0 Å². The zero-order valence-corrected chi connectivity index (χ0v) is 14.4. The normalized spacial score (nSPS) is 23.3. The Kier molecular flexibility index (Phi) is 4.25. The summed E-state index contributed by atoms with van der Waals surface area (Å²) in [4.78, 5) is 17.7. The van der Waals surface area contributed by atoms with Crippen LogP contribution in [0.15, 0.2) is 24.3 Å². The Balaban J connectivity index is 1.48. The highest BCUT2D eigenvalue weighted by molar-refractivity contribution is 5.98. The number of ether oxygens (including phenoxy) is 2. The standard InChI is InChI=1S/C19H23FN2O3/c1-24-17-3-2-10-25-19(17)6-8-22(9-7-19)18(23)16-12-13-11-14(20)4-5-15(13)21-16/h4-5,11-12,17,21H,2-3,6-10H2,1H3/t17-/m1/s1. The van der Waals surface area contributed by atoms with E-state index in [1.54, 1.807) is 19.2 Å². The number of H-pyrrole nitrogens is 1. The van der Waals surface area contributed by atoms with Crippen molar-refractivity contribution in [2.45, 2.75) is 37.4 Å². The molecule has 6 heteroatoms. The van der Waals surface area contributed by atoms with Gasteiger partial charge in [0.05, 0.1) is 11.7 Å². The Morgan fingerprint density at radius 2 is 2.16 bits per heavy atom. The van der Waals surface area contributed by atoms with Crippen LogP contribution >= 0.6 is 0 Å². The van der Waals surface area contributed by atoms with Gasteiger partial charge in [-0.25, -0.2) is 4.39 Å². The quantitative estimate of drug-likeness (QED) is 0.909. The minimum absolute atomic E-state index is 0.0452. The minimum Gasteiger partial charge on any atom is -0.378 e. The van der Waals surface area contributed by atoms with E-state index in [9.17, 15) is 9.18 Å². The fraction of sp³-hybridized carbons (Fsp3) is 0.526. The van der Waals surface area contributed by atoms with E-state index in [0.717, 1.165) is 37.8 Å². The molecule has 2 aliphatic rings. The molecule has 0 saturated carbocycles. The average molecular weight is 346 g/mol. The van der Waals surface area contributed by atoms with Crippen LogP contribution < -0.4 is 0 Å². The minimum atomic E-state index is -0.300. The molecule has 1 aromatic carbocycles. The highest BCUT2D eigenvalue weighted by Gasteiger charge is 2.45. The number of hydrogen-bond donors (Lipinski definition) is 1. The van der Waals surface area contributed by atoms with Crippen molar-refractivity contribution in [3.8, 4) is 0 Å². The smallest absolute Gasteiger partial charge is 0.270 e. The lowest BCUT2D eigenvalue weighted by Crippen LogP contribution is -2.56. The van der Waals surface area contributed by atoms with Gasteiger partial charge in [-0.1, -0.05) is 0 Å². The molecule has 1 N–H and O–H groups in total. The highest BCUT2D eigenvalue weighted by atomic mass is 19.1. The van der Waals surface area contributed by atoms with Crippen LogP contribution in [0.4, 0.5) is 4.39 Å². The molecule has 0 bridgehead atoms. The van der Waals surface area contributed by atoms with Crippen molar-refractivity contribution in [1.29, 1.82) is 0 Å². The Morgan fingerprint density at radius 1 is 1.36 bits per heavy atom. The fourth-order valence-corrected chi connectivity index (χ4v) is 4.18. The number of nitrogens with one attached hydrogen (secondary N) is 1. The third kappa shape index (κ3) is 2.93. The van der Waals surface area contributed by atoms with E-state index >= 15 is 0 Å². The van der Waals surface area contributed by atoms with Gasteiger partial charge in [0, 0.05) is 37.7 Å². The molecular weight excluding hydrogens is 323 g/mol.